The molecule has 0 unspecified atom stereocenters. The number of carbonyl (C=O) groups excluding carboxylic acids is 1. The Labute approximate surface area is 133 Å². The smallest absolute Gasteiger partial charge is 0.232 e. The highest BCUT2D eigenvalue weighted by Gasteiger charge is 2.69. The highest BCUT2D eigenvalue weighted by atomic mass is 35.5. The molecule has 1 aliphatic carbocycles. The number of alkyl halides is 2. The molecule has 20 heavy (non-hydrogen) atoms. The van der Waals surface area contributed by atoms with Crippen LogP contribution in [0.4, 0.5) is 0 Å². The fraction of sp³-hybridized carbons (Fsp3) is 0.533. The van der Waals surface area contributed by atoms with Crippen molar-refractivity contribution in [3.05, 3.63) is 35.9 Å². The summed E-state index contributed by atoms with van der Waals surface area (Å²) < 4.78 is -0.893. The Morgan fingerprint density at radius 3 is 2.60 bits per heavy atom. The van der Waals surface area contributed by atoms with Gasteiger partial charge in [0.05, 0.1) is 11.5 Å². The molecule has 1 saturated heterocycles. The maximum absolute atomic E-state index is 12.8. The number of carbonyl (C=O) groups is 1. The Hall–Kier alpha value is -0.380. The number of hydrogen-bond acceptors (Lipinski definition) is 2. The van der Waals surface area contributed by atoms with Crippen LogP contribution in [-0.4, -0.2) is 33.2 Å². The minimum atomic E-state index is -0.893. The van der Waals surface area contributed by atoms with E-state index in [4.69, 9.17) is 23.2 Å². The van der Waals surface area contributed by atoms with E-state index in [1.54, 1.807) is 0 Å². The summed E-state index contributed by atoms with van der Waals surface area (Å²) >= 11 is 14.2. The molecule has 1 heterocycles. The quantitative estimate of drug-likeness (QED) is 0.767. The average Bonchev–Trinajstić information content (AvgIpc) is 2.99. The second kappa shape index (κ2) is 5.11. The van der Waals surface area contributed by atoms with E-state index in [0.29, 0.717) is 6.42 Å². The summed E-state index contributed by atoms with van der Waals surface area (Å²) in [5, 5.41) is 0. The first kappa shape index (κ1) is 14.6. The fourth-order valence-electron chi connectivity index (χ4n) is 2.75. The van der Waals surface area contributed by atoms with Crippen molar-refractivity contribution in [2.24, 2.45) is 5.41 Å². The standard InChI is InChI=1S/C15H17Cl2NOS/c1-14(10-15(14,16)17)13(19)18-7-8-20-9-12(18)11-5-3-2-4-6-11/h2-6,12H,7-10H2,1H3/t12-,14-/m1/s1. The first-order valence-corrected chi connectivity index (χ1v) is 8.68. The molecule has 0 bridgehead atoms. The van der Waals surface area contributed by atoms with Gasteiger partial charge in [-0.3, -0.25) is 4.79 Å². The second-order valence-corrected chi connectivity index (χ2v) is 8.35. The van der Waals surface area contributed by atoms with E-state index >= 15 is 0 Å². The zero-order valence-corrected chi connectivity index (χ0v) is 13.6. The summed E-state index contributed by atoms with van der Waals surface area (Å²) in [6.45, 7) is 2.64. The lowest BCUT2D eigenvalue weighted by molar-refractivity contribution is -0.138. The van der Waals surface area contributed by atoms with Crippen LogP contribution in [0.1, 0.15) is 24.9 Å². The van der Waals surface area contributed by atoms with Crippen LogP contribution in [0, 0.1) is 5.41 Å². The van der Waals surface area contributed by atoms with Gasteiger partial charge in [-0.15, -0.1) is 23.2 Å². The van der Waals surface area contributed by atoms with E-state index in [1.165, 1.54) is 5.56 Å². The van der Waals surface area contributed by atoms with Crippen molar-refractivity contribution in [3.8, 4) is 0 Å². The average molecular weight is 330 g/mol. The van der Waals surface area contributed by atoms with E-state index in [9.17, 15) is 4.79 Å². The van der Waals surface area contributed by atoms with Gasteiger partial charge in [0.15, 0.2) is 0 Å². The third kappa shape index (κ3) is 2.34. The van der Waals surface area contributed by atoms with Crippen LogP contribution in [0.25, 0.3) is 0 Å². The Bertz CT molecular complexity index is 522. The van der Waals surface area contributed by atoms with Crippen LogP contribution in [0.2, 0.25) is 0 Å². The van der Waals surface area contributed by atoms with Crippen molar-refractivity contribution in [2.45, 2.75) is 23.7 Å². The van der Waals surface area contributed by atoms with Crippen molar-refractivity contribution in [3.63, 3.8) is 0 Å². The molecule has 0 radical (unpaired) electrons. The van der Waals surface area contributed by atoms with Gasteiger partial charge in [0.1, 0.15) is 4.33 Å². The minimum absolute atomic E-state index is 0.0941. The molecule has 0 N–H and O–H groups in total. The van der Waals surface area contributed by atoms with Gasteiger partial charge in [0.25, 0.3) is 0 Å². The number of amides is 1. The number of thioether (sulfide) groups is 1. The van der Waals surface area contributed by atoms with E-state index in [2.05, 4.69) is 12.1 Å². The Morgan fingerprint density at radius 1 is 1.35 bits per heavy atom. The predicted molar refractivity (Wildman–Crippen MR) is 85.4 cm³/mol. The highest BCUT2D eigenvalue weighted by Crippen LogP contribution is 2.65. The van der Waals surface area contributed by atoms with Gasteiger partial charge in [-0.25, -0.2) is 0 Å². The molecular formula is C15H17Cl2NOS. The zero-order valence-electron chi connectivity index (χ0n) is 11.3. The van der Waals surface area contributed by atoms with Gasteiger partial charge in [0.2, 0.25) is 5.91 Å². The Morgan fingerprint density at radius 2 is 2.00 bits per heavy atom. The zero-order chi connectivity index (χ0) is 14.4. The molecule has 2 aliphatic rings. The number of nitrogens with zero attached hydrogens (tertiary/aromatic N) is 1. The molecule has 1 saturated carbocycles. The minimum Gasteiger partial charge on any atom is -0.333 e. The van der Waals surface area contributed by atoms with Crippen molar-refractivity contribution in [2.75, 3.05) is 18.1 Å². The van der Waals surface area contributed by atoms with E-state index in [0.717, 1.165) is 18.1 Å². The molecule has 1 amide bonds. The Kier molecular flexibility index (Phi) is 3.72. The number of halogens is 2. The molecule has 2 nitrogen and oxygen atoms in total. The molecule has 5 heteroatoms. The summed E-state index contributed by atoms with van der Waals surface area (Å²) in [5.74, 6) is 2.00. The molecule has 1 aromatic rings. The van der Waals surface area contributed by atoms with Crippen LogP contribution in [0.15, 0.2) is 30.3 Å². The predicted octanol–water partition coefficient (Wildman–Crippen LogP) is 3.89. The second-order valence-electron chi connectivity index (χ2n) is 5.71. The molecular weight excluding hydrogens is 313 g/mol. The van der Waals surface area contributed by atoms with Crippen molar-refractivity contribution in [1.29, 1.82) is 0 Å². The van der Waals surface area contributed by atoms with E-state index in [1.807, 2.05) is 41.8 Å². The first-order chi connectivity index (χ1) is 9.46. The van der Waals surface area contributed by atoms with Crippen LogP contribution in [-0.2, 0) is 4.79 Å². The van der Waals surface area contributed by atoms with Gasteiger partial charge < -0.3 is 4.90 Å². The summed E-state index contributed by atoms with van der Waals surface area (Å²) in [4.78, 5) is 14.8. The van der Waals surface area contributed by atoms with Gasteiger partial charge in [-0.1, -0.05) is 30.3 Å². The van der Waals surface area contributed by atoms with E-state index in [-0.39, 0.29) is 11.9 Å². The van der Waals surface area contributed by atoms with Gasteiger partial charge in [-0.2, -0.15) is 11.8 Å². The van der Waals surface area contributed by atoms with Crippen LogP contribution in [0.5, 0.6) is 0 Å². The van der Waals surface area contributed by atoms with Gasteiger partial charge in [0, 0.05) is 18.1 Å². The number of benzene rings is 1. The number of rotatable bonds is 2. The van der Waals surface area contributed by atoms with E-state index < -0.39 is 9.75 Å². The molecule has 1 aromatic carbocycles. The summed E-state index contributed by atoms with van der Waals surface area (Å²) in [6.07, 6.45) is 0.549. The molecule has 2 fully saturated rings. The molecule has 0 aromatic heterocycles. The molecule has 3 rings (SSSR count). The summed E-state index contributed by atoms with van der Waals surface area (Å²) in [6, 6.07) is 10.3. The fourth-order valence-corrected chi connectivity index (χ4v) is 4.53. The van der Waals surface area contributed by atoms with Crippen LogP contribution < -0.4 is 0 Å². The first-order valence-electron chi connectivity index (χ1n) is 6.77. The highest BCUT2D eigenvalue weighted by molar-refractivity contribution is 7.99. The monoisotopic (exact) mass is 329 g/mol. The molecule has 108 valence electrons. The van der Waals surface area contributed by atoms with Crippen LogP contribution >= 0.6 is 35.0 Å². The van der Waals surface area contributed by atoms with Crippen molar-refractivity contribution < 1.29 is 4.79 Å². The third-order valence-corrected chi connectivity index (χ3v) is 6.43. The third-order valence-electron chi connectivity index (χ3n) is 4.30. The van der Waals surface area contributed by atoms with Crippen molar-refractivity contribution >= 4 is 40.9 Å². The molecule has 0 spiro atoms. The summed E-state index contributed by atoms with van der Waals surface area (Å²) in [7, 11) is 0. The maximum Gasteiger partial charge on any atom is 0.232 e. The van der Waals surface area contributed by atoms with Gasteiger partial charge in [-0.05, 0) is 18.9 Å². The Balaban J connectivity index is 1.85. The SMILES string of the molecule is C[C@]1(C(=O)N2CCSC[C@@H]2c2ccccc2)CC1(Cl)Cl. The lowest BCUT2D eigenvalue weighted by atomic mass is 10.0. The number of hydrogen-bond donors (Lipinski definition) is 0. The molecule has 2 atom stereocenters. The summed E-state index contributed by atoms with van der Waals surface area (Å²) in [5.41, 5.74) is 0.567. The lowest BCUT2D eigenvalue weighted by Crippen LogP contribution is -2.45. The largest absolute Gasteiger partial charge is 0.333 e. The topological polar surface area (TPSA) is 20.3 Å². The normalized spacial score (nSPS) is 31.9. The molecule has 1 aliphatic heterocycles. The van der Waals surface area contributed by atoms with Crippen LogP contribution in [0.3, 0.4) is 0 Å². The van der Waals surface area contributed by atoms with Gasteiger partial charge >= 0.3 is 0 Å². The lowest BCUT2D eigenvalue weighted by Gasteiger charge is -2.37. The maximum atomic E-state index is 12.8. The van der Waals surface area contributed by atoms with Crippen molar-refractivity contribution in [1.82, 2.24) is 4.90 Å².